The summed E-state index contributed by atoms with van der Waals surface area (Å²) in [6.45, 7) is 1.33. The van der Waals surface area contributed by atoms with Crippen molar-refractivity contribution in [3.05, 3.63) is 45.0 Å². The molecule has 1 aliphatic rings. The third kappa shape index (κ3) is 5.19. The standard InChI is InChI=1S/C18H21BrN2O3S/c19-16-5-4-15(25-16)2-1-3-17(22)20-14-6-9-21(10-7-14)18(23)13-8-11-24-12-13/h4-5,8,11-12,14H,1-3,6-7,9-10H2,(H,20,22). The Labute approximate surface area is 159 Å². The lowest BCUT2D eigenvalue weighted by Gasteiger charge is -2.32. The average molecular weight is 425 g/mol. The lowest BCUT2D eigenvalue weighted by atomic mass is 10.0. The summed E-state index contributed by atoms with van der Waals surface area (Å²) in [4.78, 5) is 27.5. The fourth-order valence-electron chi connectivity index (χ4n) is 3.00. The number of carbonyl (C=O) groups excluding carboxylic acids is 2. The number of halogens is 1. The Hall–Kier alpha value is -1.60. The van der Waals surface area contributed by atoms with Gasteiger partial charge in [0, 0.05) is 30.4 Å². The number of furan rings is 1. The molecule has 3 rings (SSSR count). The van der Waals surface area contributed by atoms with E-state index in [9.17, 15) is 9.59 Å². The molecule has 2 aromatic heterocycles. The molecule has 5 nitrogen and oxygen atoms in total. The molecule has 1 N–H and O–H groups in total. The van der Waals surface area contributed by atoms with E-state index in [0.717, 1.165) is 29.5 Å². The highest BCUT2D eigenvalue weighted by molar-refractivity contribution is 9.11. The van der Waals surface area contributed by atoms with Gasteiger partial charge in [0.2, 0.25) is 5.91 Å². The van der Waals surface area contributed by atoms with E-state index in [1.165, 1.54) is 17.4 Å². The van der Waals surface area contributed by atoms with Gasteiger partial charge in [0.1, 0.15) is 6.26 Å². The Bertz CT molecular complexity index is 706. The molecule has 0 atom stereocenters. The maximum absolute atomic E-state index is 12.2. The number of piperidine rings is 1. The van der Waals surface area contributed by atoms with Gasteiger partial charge in [-0.3, -0.25) is 9.59 Å². The number of nitrogens with one attached hydrogen (secondary N) is 1. The van der Waals surface area contributed by atoms with E-state index in [1.54, 1.807) is 17.4 Å². The number of thiophene rings is 1. The smallest absolute Gasteiger partial charge is 0.257 e. The van der Waals surface area contributed by atoms with Crippen LogP contribution in [-0.2, 0) is 11.2 Å². The Morgan fingerprint density at radius 3 is 2.72 bits per heavy atom. The van der Waals surface area contributed by atoms with Gasteiger partial charge < -0.3 is 14.6 Å². The normalized spacial score (nSPS) is 15.3. The number of hydrogen-bond acceptors (Lipinski definition) is 4. The number of hydrogen-bond donors (Lipinski definition) is 1. The van der Waals surface area contributed by atoms with Crippen LogP contribution in [0, 0.1) is 0 Å². The SMILES string of the molecule is O=C(CCCc1ccc(Br)s1)NC1CCN(C(=O)c2ccoc2)CC1. The van der Waals surface area contributed by atoms with Crippen LogP contribution in [0.4, 0.5) is 0 Å². The van der Waals surface area contributed by atoms with Crippen LogP contribution < -0.4 is 5.32 Å². The van der Waals surface area contributed by atoms with Gasteiger partial charge in [-0.15, -0.1) is 11.3 Å². The minimum Gasteiger partial charge on any atom is -0.472 e. The molecule has 0 saturated carbocycles. The van der Waals surface area contributed by atoms with Crippen molar-refractivity contribution in [1.82, 2.24) is 10.2 Å². The third-order valence-electron chi connectivity index (χ3n) is 4.37. The van der Waals surface area contributed by atoms with Gasteiger partial charge in [-0.1, -0.05) is 0 Å². The third-order valence-corrected chi connectivity index (χ3v) is 6.05. The second kappa shape index (κ2) is 8.67. The van der Waals surface area contributed by atoms with Crippen molar-refractivity contribution >= 4 is 39.1 Å². The van der Waals surface area contributed by atoms with Crippen molar-refractivity contribution in [2.75, 3.05) is 13.1 Å². The lowest BCUT2D eigenvalue weighted by molar-refractivity contribution is -0.122. The van der Waals surface area contributed by atoms with Gasteiger partial charge in [-0.2, -0.15) is 0 Å². The molecule has 0 spiro atoms. The van der Waals surface area contributed by atoms with Crippen molar-refractivity contribution < 1.29 is 14.0 Å². The predicted octanol–water partition coefficient (Wildman–Crippen LogP) is 3.85. The largest absolute Gasteiger partial charge is 0.472 e. The quantitative estimate of drug-likeness (QED) is 0.765. The monoisotopic (exact) mass is 424 g/mol. The van der Waals surface area contributed by atoms with Crippen LogP contribution in [0.15, 0.2) is 38.9 Å². The maximum Gasteiger partial charge on any atom is 0.257 e. The number of nitrogens with zero attached hydrogens (tertiary/aromatic N) is 1. The van der Waals surface area contributed by atoms with Crippen molar-refractivity contribution in [2.24, 2.45) is 0 Å². The van der Waals surface area contributed by atoms with Crippen LogP contribution in [-0.4, -0.2) is 35.8 Å². The number of rotatable bonds is 6. The second-order valence-electron chi connectivity index (χ2n) is 6.21. The highest BCUT2D eigenvalue weighted by Gasteiger charge is 2.24. The second-order valence-corrected chi connectivity index (χ2v) is 8.75. The van der Waals surface area contributed by atoms with Crippen LogP contribution in [0.5, 0.6) is 0 Å². The number of likely N-dealkylation sites (tertiary alicyclic amines) is 1. The van der Waals surface area contributed by atoms with Crippen molar-refractivity contribution in [1.29, 1.82) is 0 Å². The summed E-state index contributed by atoms with van der Waals surface area (Å²) in [7, 11) is 0. The topological polar surface area (TPSA) is 62.6 Å². The summed E-state index contributed by atoms with van der Waals surface area (Å²) in [5, 5.41) is 3.10. The average Bonchev–Trinajstić information content (AvgIpc) is 3.27. The van der Waals surface area contributed by atoms with Crippen LogP contribution in [0.2, 0.25) is 0 Å². The van der Waals surface area contributed by atoms with Gasteiger partial charge in [0.25, 0.3) is 5.91 Å². The number of aryl methyl sites for hydroxylation is 1. The highest BCUT2D eigenvalue weighted by Crippen LogP contribution is 2.23. The number of amides is 2. The molecule has 134 valence electrons. The van der Waals surface area contributed by atoms with Crippen molar-refractivity contribution in [2.45, 2.75) is 38.1 Å². The molecule has 25 heavy (non-hydrogen) atoms. The zero-order chi connectivity index (χ0) is 17.6. The zero-order valence-corrected chi connectivity index (χ0v) is 16.3. The van der Waals surface area contributed by atoms with E-state index in [1.807, 2.05) is 11.0 Å². The van der Waals surface area contributed by atoms with Crippen LogP contribution in [0.1, 0.15) is 40.9 Å². The summed E-state index contributed by atoms with van der Waals surface area (Å²) >= 11 is 5.17. The maximum atomic E-state index is 12.2. The van der Waals surface area contributed by atoms with E-state index in [2.05, 4.69) is 27.3 Å². The fourth-order valence-corrected chi connectivity index (χ4v) is 4.53. The molecule has 3 heterocycles. The first-order chi connectivity index (χ1) is 12.1. The summed E-state index contributed by atoms with van der Waals surface area (Å²) in [6.07, 6.45) is 6.92. The molecule has 0 bridgehead atoms. The molecule has 2 amide bonds. The first-order valence-corrected chi connectivity index (χ1v) is 10.1. The Morgan fingerprint density at radius 2 is 2.08 bits per heavy atom. The van der Waals surface area contributed by atoms with Crippen LogP contribution in [0.3, 0.4) is 0 Å². The molecule has 0 aromatic carbocycles. The van der Waals surface area contributed by atoms with Crippen LogP contribution in [0.25, 0.3) is 0 Å². The van der Waals surface area contributed by atoms with Gasteiger partial charge in [-0.05, 0) is 59.8 Å². The fraction of sp³-hybridized carbons (Fsp3) is 0.444. The Kier molecular flexibility index (Phi) is 6.31. The lowest BCUT2D eigenvalue weighted by Crippen LogP contribution is -2.46. The summed E-state index contributed by atoms with van der Waals surface area (Å²) in [5.74, 6) is 0.107. The molecule has 1 fully saturated rings. The van der Waals surface area contributed by atoms with Crippen molar-refractivity contribution in [3.63, 3.8) is 0 Å². The Balaban J connectivity index is 1.35. The van der Waals surface area contributed by atoms with Gasteiger partial charge in [0.15, 0.2) is 0 Å². The number of carbonyl (C=O) groups is 2. The first kappa shape index (κ1) is 18.2. The minimum atomic E-state index is 0.000588. The predicted molar refractivity (Wildman–Crippen MR) is 101 cm³/mol. The molecule has 1 saturated heterocycles. The highest BCUT2D eigenvalue weighted by atomic mass is 79.9. The summed E-state index contributed by atoms with van der Waals surface area (Å²) < 4.78 is 6.09. The van der Waals surface area contributed by atoms with Gasteiger partial charge >= 0.3 is 0 Å². The molecule has 2 aromatic rings. The molecule has 0 radical (unpaired) electrons. The van der Waals surface area contributed by atoms with E-state index in [-0.39, 0.29) is 17.9 Å². The molecular weight excluding hydrogens is 404 g/mol. The summed E-state index contributed by atoms with van der Waals surface area (Å²) in [5.41, 5.74) is 0.586. The minimum absolute atomic E-state index is 0.000588. The van der Waals surface area contributed by atoms with Gasteiger partial charge in [0.05, 0.1) is 15.6 Å². The van der Waals surface area contributed by atoms with E-state index in [0.29, 0.717) is 25.1 Å². The Morgan fingerprint density at radius 1 is 1.28 bits per heavy atom. The van der Waals surface area contributed by atoms with E-state index < -0.39 is 0 Å². The molecule has 7 heteroatoms. The van der Waals surface area contributed by atoms with E-state index in [4.69, 9.17) is 4.42 Å². The first-order valence-electron chi connectivity index (χ1n) is 8.47. The van der Waals surface area contributed by atoms with Crippen molar-refractivity contribution in [3.8, 4) is 0 Å². The molecule has 1 aliphatic heterocycles. The molecular formula is C18H21BrN2O3S. The van der Waals surface area contributed by atoms with E-state index >= 15 is 0 Å². The van der Waals surface area contributed by atoms with Gasteiger partial charge in [-0.25, -0.2) is 0 Å². The molecule has 0 unspecified atom stereocenters. The summed E-state index contributed by atoms with van der Waals surface area (Å²) in [6, 6.07) is 5.98. The van der Waals surface area contributed by atoms with Crippen LogP contribution >= 0.6 is 27.3 Å². The zero-order valence-electron chi connectivity index (χ0n) is 13.9. The molecule has 0 aliphatic carbocycles.